The molecule has 1 saturated carbocycles. The first kappa shape index (κ1) is 19.3. The Morgan fingerprint density at radius 2 is 1.84 bits per heavy atom. The van der Waals surface area contributed by atoms with E-state index in [0.29, 0.717) is 40.1 Å². The lowest BCUT2D eigenvalue weighted by atomic mass is 9.78. The van der Waals surface area contributed by atoms with E-state index in [2.05, 4.69) is 30.0 Å². The summed E-state index contributed by atoms with van der Waals surface area (Å²) in [5.41, 5.74) is 5.84. The number of ether oxygens (including phenoxy) is 2. The molecule has 1 amide bonds. The maximum atomic E-state index is 12.3. The van der Waals surface area contributed by atoms with E-state index in [0.717, 1.165) is 6.42 Å². The summed E-state index contributed by atoms with van der Waals surface area (Å²) in [6.45, 7) is 4.51. The molecule has 1 aliphatic rings. The summed E-state index contributed by atoms with van der Waals surface area (Å²) in [7, 11) is 3.08. The standard InChI is InChI=1S/C18H27N3O3S/c1-11-6-5-7-14(12(11)2)19-18(25)21-20-17(22)13-8-9-15(23-3)16(10-13)24-4/h8-12,14H,5-7H2,1-4H3,(H,20,22)(H2,19,21,25)/t11-,12+,14+/m0/s1. The fourth-order valence-corrected chi connectivity index (χ4v) is 3.36. The monoisotopic (exact) mass is 365 g/mol. The summed E-state index contributed by atoms with van der Waals surface area (Å²) >= 11 is 5.30. The van der Waals surface area contributed by atoms with E-state index >= 15 is 0 Å². The molecule has 0 aromatic heterocycles. The second-order valence-electron chi connectivity index (χ2n) is 6.50. The van der Waals surface area contributed by atoms with E-state index in [4.69, 9.17) is 21.7 Å². The highest BCUT2D eigenvalue weighted by molar-refractivity contribution is 7.80. The molecule has 3 atom stereocenters. The molecular formula is C18H27N3O3S. The van der Waals surface area contributed by atoms with Gasteiger partial charge in [-0.25, -0.2) is 0 Å². The lowest BCUT2D eigenvalue weighted by Crippen LogP contribution is -2.52. The molecule has 0 bridgehead atoms. The average molecular weight is 365 g/mol. The first-order valence-electron chi connectivity index (χ1n) is 8.55. The third-order valence-corrected chi connectivity index (χ3v) is 5.18. The van der Waals surface area contributed by atoms with Crippen molar-refractivity contribution >= 4 is 23.2 Å². The molecule has 0 radical (unpaired) electrons. The van der Waals surface area contributed by atoms with Crippen molar-refractivity contribution in [2.24, 2.45) is 11.8 Å². The molecule has 0 heterocycles. The number of rotatable bonds is 4. The van der Waals surface area contributed by atoms with Crippen LogP contribution in [0, 0.1) is 11.8 Å². The van der Waals surface area contributed by atoms with Gasteiger partial charge in [-0.1, -0.05) is 26.7 Å². The van der Waals surface area contributed by atoms with Crippen LogP contribution in [0.4, 0.5) is 0 Å². The molecule has 2 rings (SSSR count). The zero-order chi connectivity index (χ0) is 18.4. The first-order valence-corrected chi connectivity index (χ1v) is 8.96. The number of carbonyl (C=O) groups is 1. The summed E-state index contributed by atoms with van der Waals surface area (Å²) < 4.78 is 10.4. The van der Waals surface area contributed by atoms with E-state index in [9.17, 15) is 4.79 Å². The van der Waals surface area contributed by atoms with Crippen LogP contribution in [0.3, 0.4) is 0 Å². The third kappa shape index (κ3) is 4.98. The molecule has 1 aromatic rings. The van der Waals surface area contributed by atoms with Gasteiger partial charge >= 0.3 is 0 Å². The van der Waals surface area contributed by atoms with Crippen molar-refractivity contribution in [1.82, 2.24) is 16.2 Å². The predicted octanol–water partition coefficient (Wildman–Crippen LogP) is 2.64. The van der Waals surface area contributed by atoms with Gasteiger partial charge in [0.15, 0.2) is 16.6 Å². The van der Waals surface area contributed by atoms with Crippen molar-refractivity contribution in [3.8, 4) is 11.5 Å². The number of carbonyl (C=O) groups excluding carboxylic acids is 1. The maximum Gasteiger partial charge on any atom is 0.269 e. The Balaban J connectivity index is 1.88. The second kappa shape index (κ2) is 8.89. The molecule has 3 N–H and O–H groups in total. The minimum atomic E-state index is -0.296. The number of thiocarbonyl (C=S) groups is 1. The molecule has 0 saturated heterocycles. The lowest BCUT2D eigenvalue weighted by molar-refractivity contribution is 0.0942. The highest BCUT2D eigenvalue weighted by Gasteiger charge is 2.27. The van der Waals surface area contributed by atoms with Gasteiger partial charge in [-0.05, 0) is 48.7 Å². The van der Waals surface area contributed by atoms with E-state index in [1.54, 1.807) is 25.3 Å². The Morgan fingerprint density at radius 3 is 2.52 bits per heavy atom. The molecule has 7 heteroatoms. The van der Waals surface area contributed by atoms with Gasteiger partial charge in [-0.2, -0.15) is 0 Å². The highest BCUT2D eigenvalue weighted by Crippen LogP contribution is 2.29. The zero-order valence-corrected chi connectivity index (χ0v) is 16.0. The molecule has 25 heavy (non-hydrogen) atoms. The van der Waals surface area contributed by atoms with E-state index in [1.807, 2.05) is 0 Å². The van der Waals surface area contributed by atoms with Crippen molar-refractivity contribution in [1.29, 1.82) is 0 Å². The molecular weight excluding hydrogens is 338 g/mol. The topological polar surface area (TPSA) is 71.6 Å². The van der Waals surface area contributed by atoms with Gasteiger partial charge in [0.25, 0.3) is 5.91 Å². The summed E-state index contributed by atoms with van der Waals surface area (Å²) in [6.07, 6.45) is 3.55. The average Bonchev–Trinajstić information content (AvgIpc) is 2.62. The molecule has 1 fully saturated rings. The quantitative estimate of drug-likeness (QED) is 0.563. The summed E-state index contributed by atoms with van der Waals surface area (Å²) in [5.74, 6) is 2.01. The van der Waals surface area contributed by atoms with Crippen LogP contribution >= 0.6 is 12.2 Å². The van der Waals surface area contributed by atoms with Crippen molar-refractivity contribution in [2.75, 3.05) is 14.2 Å². The second-order valence-corrected chi connectivity index (χ2v) is 6.90. The number of hydrogen-bond acceptors (Lipinski definition) is 4. The van der Waals surface area contributed by atoms with Crippen LogP contribution in [0.5, 0.6) is 11.5 Å². The molecule has 6 nitrogen and oxygen atoms in total. The Labute approximate surface area is 154 Å². The van der Waals surface area contributed by atoms with E-state index in [1.165, 1.54) is 20.0 Å². The van der Waals surface area contributed by atoms with Crippen LogP contribution in [0.2, 0.25) is 0 Å². The Morgan fingerprint density at radius 1 is 1.12 bits per heavy atom. The van der Waals surface area contributed by atoms with Crippen LogP contribution in [0.1, 0.15) is 43.5 Å². The first-order chi connectivity index (χ1) is 12.0. The number of nitrogens with one attached hydrogen (secondary N) is 3. The maximum absolute atomic E-state index is 12.3. The number of hydrogen-bond donors (Lipinski definition) is 3. The Hall–Kier alpha value is -2.02. The molecule has 138 valence electrons. The van der Waals surface area contributed by atoms with Gasteiger partial charge in [0, 0.05) is 11.6 Å². The molecule has 0 spiro atoms. The number of amides is 1. The number of methoxy groups -OCH3 is 2. The third-order valence-electron chi connectivity index (χ3n) is 4.96. The molecule has 0 aliphatic heterocycles. The van der Waals surface area contributed by atoms with Crippen molar-refractivity contribution in [3.05, 3.63) is 23.8 Å². The number of hydrazine groups is 1. The fraction of sp³-hybridized carbons (Fsp3) is 0.556. The summed E-state index contributed by atoms with van der Waals surface area (Å²) in [6, 6.07) is 5.31. The van der Waals surface area contributed by atoms with Crippen LogP contribution in [-0.2, 0) is 0 Å². The SMILES string of the molecule is COc1ccc(C(=O)NNC(=S)N[C@@H]2CCC[C@H](C)[C@H]2C)cc1OC. The zero-order valence-electron chi connectivity index (χ0n) is 15.2. The van der Waals surface area contributed by atoms with Gasteiger partial charge in [0.05, 0.1) is 14.2 Å². The predicted molar refractivity (Wildman–Crippen MR) is 102 cm³/mol. The highest BCUT2D eigenvalue weighted by atomic mass is 32.1. The van der Waals surface area contributed by atoms with Crippen molar-refractivity contribution in [3.63, 3.8) is 0 Å². The summed E-state index contributed by atoms with van der Waals surface area (Å²) in [4.78, 5) is 12.3. The lowest BCUT2D eigenvalue weighted by Gasteiger charge is -2.35. The molecule has 1 aromatic carbocycles. The summed E-state index contributed by atoms with van der Waals surface area (Å²) in [5, 5.41) is 3.74. The normalized spacial score (nSPS) is 22.6. The van der Waals surface area contributed by atoms with Crippen LogP contribution in [-0.4, -0.2) is 31.3 Å². The molecule has 0 unspecified atom stereocenters. The minimum absolute atomic E-state index is 0.296. The Kier molecular flexibility index (Phi) is 6.87. The van der Waals surface area contributed by atoms with E-state index < -0.39 is 0 Å². The van der Waals surface area contributed by atoms with E-state index in [-0.39, 0.29) is 5.91 Å². The fourth-order valence-electron chi connectivity index (χ4n) is 3.15. The van der Waals surface area contributed by atoms with Crippen LogP contribution < -0.4 is 25.6 Å². The smallest absolute Gasteiger partial charge is 0.269 e. The molecule has 1 aliphatic carbocycles. The van der Waals surface area contributed by atoms with Crippen molar-refractivity contribution < 1.29 is 14.3 Å². The Bertz CT molecular complexity index is 624. The largest absolute Gasteiger partial charge is 0.493 e. The van der Waals surface area contributed by atoms with Gasteiger partial charge in [-0.3, -0.25) is 15.6 Å². The van der Waals surface area contributed by atoms with Crippen LogP contribution in [0.25, 0.3) is 0 Å². The van der Waals surface area contributed by atoms with Gasteiger partial charge in [-0.15, -0.1) is 0 Å². The van der Waals surface area contributed by atoms with Gasteiger partial charge in [0.2, 0.25) is 0 Å². The number of benzene rings is 1. The van der Waals surface area contributed by atoms with Crippen molar-refractivity contribution in [2.45, 2.75) is 39.2 Å². The van der Waals surface area contributed by atoms with Gasteiger partial charge in [0.1, 0.15) is 0 Å². The minimum Gasteiger partial charge on any atom is -0.493 e. The van der Waals surface area contributed by atoms with Gasteiger partial charge < -0.3 is 14.8 Å². The van der Waals surface area contributed by atoms with Crippen LogP contribution in [0.15, 0.2) is 18.2 Å².